The molecule has 236 valence electrons. The largest absolute Gasteiger partial charge is 0.335 e. The van der Waals surface area contributed by atoms with Crippen LogP contribution in [-0.2, 0) is 10.8 Å². The van der Waals surface area contributed by atoms with Crippen molar-refractivity contribution >= 4 is 28.5 Å². The predicted molar refractivity (Wildman–Crippen MR) is 203 cm³/mol. The Morgan fingerprint density at radius 1 is 0.809 bits per heavy atom. The van der Waals surface area contributed by atoms with Crippen molar-refractivity contribution in [1.29, 1.82) is 0 Å². The summed E-state index contributed by atoms with van der Waals surface area (Å²) in [6.07, 6.45) is 26.9. The third-order valence-corrected chi connectivity index (χ3v) is 11.6. The number of fused-ring (bicyclic) bond motifs is 5. The number of hydrogen-bond acceptors (Lipinski definition) is 1. The van der Waals surface area contributed by atoms with Crippen molar-refractivity contribution in [2.75, 3.05) is 4.90 Å². The highest BCUT2D eigenvalue weighted by Crippen LogP contribution is 2.52. The van der Waals surface area contributed by atoms with Crippen LogP contribution in [0.5, 0.6) is 0 Å². The second-order valence-electron chi connectivity index (χ2n) is 14.9. The molecule has 3 aromatic rings. The number of rotatable bonds is 5. The van der Waals surface area contributed by atoms with Crippen LogP contribution in [0.1, 0.15) is 95.9 Å². The van der Waals surface area contributed by atoms with Gasteiger partial charge in [0, 0.05) is 22.2 Å². The SMILES string of the molecule is C/C=C\C(=C/C)N(c1ccc2c(c1)C(C)(C)C1=c3c-2c(C2=CCCC=C2)ccc3=CCC1)C1C=C2C(=CC1)c1ccccc1C2(C)C. The number of hydrogen-bond donors (Lipinski definition) is 0. The van der Waals surface area contributed by atoms with E-state index in [-0.39, 0.29) is 16.9 Å². The lowest BCUT2D eigenvalue weighted by Gasteiger charge is -2.40. The van der Waals surface area contributed by atoms with Gasteiger partial charge < -0.3 is 4.90 Å². The molecular weight excluding hydrogens is 567 g/mol. The molecule has 0 aromatic heterocycles. The van der Waals surface area contributed by atoms with Crippen LogP contribution in [0.4, 0.5) is 5.69 Å². The van der Waals surface area contributed by atoms with E-state index < -0.39 is 0 Å². The predicted octanol–water partition coefficient (Wildman–Crippen LogP) is 10.5. The van der Waals surface area contributed by atoms with Crippen LogP contribution in [0, 0.1) is 0 Å². The molecule has 5 aliphatic carbocycles. The highest BCUT2D eigenvalue weighted by Gasteiger charge is 2.41. The Morgan fingerprint density at radius 2 is 1.64 bits per heavy atom. The van der Waals surface area contributed by atoms with E-state index in [0.29, 0.717) is 0 Å². The normalized spacial score (nSPS) is 21.6. The summed E-state index contributed by atoms with van der Waals surface area (Å²) in [5.41, 5.74) is 16.8. The minimum Gasteiger partial charge on any atom is -0.335 e. The molecule has 0 bridgehead atoms. The molecule has 47 heavy (non-hydrogen) atoms. The summed E-state index contributed by atoms with van der Waals surface area (Å²) in [4.78, 5) is 2.61. The second-order valence-corrected chi connectivity index (χ2v) is 14.9. The van der Waals surface area contributed by atoms with Crippen molar-refractivity contribution in [3.63, 3.8) is 0 Å². The van der Waals surface area contributed by atoms with Crippen molar-refractivity contribution in [1.82, 2.24) is 0 Å². The number of anilines is 1. The van der Waals surface area contributed by atoms with Crippen LogP contribution < -0.4 is 15.3 Å². The fraction of sp³-hybridized carbons (Fsp3) is 0.304. The van der Waals surface area contributed by atoms with Crippen LogP contribution >= 0.6 is 0 Å². The Bertz CT molecular complexity index is 2130. The molecule has 0 fully saturated rings. The summed E-state index contributed by atoms with van der Waals surface area (Å²) in [6, 6.07) is 21.4. The fourth-order valence-electron chi connectivity index (χ4n) is 9.25. The first kappa shape index (κ1) is 30.0. The van der Waals surface area contributed by atoms with Crippen molar-refractivity contribution in [3.05, 3.63) is 147 Å². The van der Waals surface area contributed by atoms with Crippen molar-refractivity contribution in [2.45, 2.75) is 90.5 Å². The van der Waals surface area contributed by atoms with Crippen molar-refractivity contribution in [2.24, 2.45) is 0 Å². The summed E-state index contributed by atoms with van der Waals surface area (Å²) in [5, 5.41) is 2.91. The maximum atomic E-state index is 2.61. The van der Waals surface area contributed by atoms with E-state index in [1.54, 1.807) is 5.57 Å². The van der Waals surface area contributed by atoms with Gasteiger partial charge in [0.25, 0.3) is 0 Å². The van der Waals surface area contributed by atoms with Gasteiger partial charge in [-0.3, -0.25) is 0 Å². The lowest BCUT2D eigenvalue weighted by Crippen LogP contribution is -2.42. The highest BCUT2D eigenvalue weighted by atomic mass is 15.2. The first-order valence-corrected chi connectivity index (χ1v) is 17.8. The third kappa shape index (κ3) is 4.50. The van der Waals surface area contributed by atoms with Gasteiger partial charge in [-0.2, -0.15) is 0 Å². The van der Waals surface area contributed by atoms with Crippen LogP contribution in [0.25, 0.3) is 33.9 Å². The summed E-state index contributed by atoms with van der Waals surface area (Å²) in [6.45, 7) is 14.0. The highest BCUT2D eigenvalue weighted by molar-refractivity contribution is 5.94. The Morgan fingerprint density at radius 3 is 2.43 bits per heavy atom. The zero-order valence-electron chi connectivity index (χ0n) is 29.0. The standard InChI is InChI=1S/C46H47N/c1-7-15-32(8-2)47(33-23-26-37-36-19-12-13-20-39(36)45(3,4)41(37)28-33)34-24-27-38-42(29-34)46(5,6)40-21-14-18-31-22-25-35(44(38)43(31)40)30-16-10-9-11-17-30/h7-8,10,12-13,15-20,22,24-29,33H,9,11,14,21,23H2,1-6H3/b15-7-,32-8+. The Balaban J connectivity index is 1.31. The van der Waals surface area contributed by atoms with Gasteiger partial charge in [-0.1, -0.05) is 124 Å². The van der Waals surface area contributed by atoms with Gasteiger partial charge >= 0.3 is 0 Å². The van der Waals surface area contributed by atoms with Crippen LogP contribution in [-0.4, -0.2) is 6.04 Å². The lowest BCUT2D eigenvalue weighted by molar-refractivity contribution is 0.641. The fourth-order valence-corrected chi connectivity index (χ4v) is 9.25. The van der Waals surface area contributed by atoms with Gasteiger partial charge in [-0.05, 0) is 125 Å². The third-order valence-electron chi connectivity index (χ3n) is 11.6. The summed E-state index contributed by atoms with van der Waals surface area (Å²) in [7, 11) is 0. The average molecular weight is 614 g/mol. The van der Waals surface area contributed by atoms with Gasteiger partial charge in [0.2, 0.25) is 0 Å². The quantitative estimate of drug-likeness (QED) is 0.259. The molecule has 1 heteroatoms. The molecular formula is C46H47N. The van der Waals surface area contributed by atoms with E-state index in [4.69, 9.17) is 0 Å². The molecule has 0 saturated carbocycles. The maximum Gasteiger partial charge on any atom is 0.0563 e. The van der Waals surface area contributed by atoms with E-state index in [2.05, 4.69) is 156 Å². The van der Waals surface area contributed by atoms with Crippen LogP contribution in [0.15, 0.2) is 114 Å². The van der Waals surface area contributed by atoms with Crippen molar-refractivity contribution in [3.8, 4) is 11.1 Å². The summed E-state index contributed by atoms with van der Waals surface area (Å²) < 4.78 is 0. The van der Waals surface area contributed by atoms with Gasteiger partial charge in [0.05, 0.1) is 6.04 Å². The van der Waals surface area contributed by atoms with E-state index in [0.717, 1.165) is 32.1 Å². The topological polar surface area (TPSA) is 3.24 Å². The van der Waals surface area contributed by atoms with Gasteiger partial charge in [-0.25, -0.2) is 0 Å². The van der Waals surface area contributed by atoms with Gasteiger partial charge in [-0.15, -0.1) is 0 Å². The molecule has 1 unspecified atom stereocenters. The van der Waals surface area contributed by atoms with Gasteiger partial charge in [0.1, 0.15) is 0 Å². The molecule has 5 aliphatic rings. The first-order chi connectivity index (χ1) is 22.8. The Hall–Kier alpha value is -4.36. The van der Waals surface area contributed by atoms with E-state index in [1.807, 2.05) is 0 Å². The van der Waals surface area contributed by atoms with Crippen LogP contribution in [0.2, 0.25) is 0 Å². The average Bonchev–Trinajstić information content (AvgIpc) is 3.33. The van der Waals surface area contributed by atoms with Crippen molar-refractivity contribution < 1.29 is 0 Å². The molecule has 0 radical (unpaired) electrons. The molecule has 0 saturated heterocycles. The number of nitrogens with zero attached hydrogens (tertiary/aromatic N) is 1. The summed E-state index contributed by atoms with van der Waals surface area (Å²) >= 11 is 0. The first-order valence-electron chi connectivity index (χ1n) is 17.8. The molecule has 0 heterocycles. The molecule has 8 rings (SSSR count). The lowest BCUT2D eigenvalue weighted by atomic mass is 9.66. The summed E-state index contributed by atoms with van der Waals surface area (Å²) in [5.74, 6) is 0. The Labute approximate surface area is 281 Å². The smallest absolute Gasteiger partial charge is 0.0563 e. The molecule has 1 nitrogen and oxygen atoms in total. The van der Waals surface area contributed by atoms with E-state index >= 15 is 0 Å². The molecule has 0 spiro atoms. The minimum absolute atomic E-state index is 0.0179. The molecule has 1 atom stereocenters. The number of benzene rings is 3. The molecule has 0 amide bonds. The minimum atomic E-state index is -0.0632. The zero-order valence-corrected chi connectivity index (χ0v) is 29.0. The van der Waals surface area contributed by atoms with E-state index in [9.17, 15) is 0 Å². The van der Waals surface area contributed by atoms with Gasteiger partial charge in [0.15, 0.2) is 0 Å². The molecule has 0 aliphatic heterocycles. The van der Waals surface area contributed by atoms with Crippen LogP contribution in [0.3, 0.4) is 0 Å². The second kappa shape index (κ2) is 11.1. The molecule has 3 aromatic carbocycles. The maximum absolute atomic E-state index is 2.61. The monoisotopic (exact) mass is 613 g/mol. The van der Waals surface area contributed by atoms with E-state index in [1.165, 1.54) is 71.9 Å². The number of allylic oxidation sites excluding steroid dienone is 9. The Kier molecular flexibility index (Phi) is 7.10. The zero-order chi connectivity index (χ0) is 32.5. The molecule has 0 N–H and O–H groups in total.